The average Bonchev–Trinajstić information content (AvgIpc) is 2.01. The Kier molecular flexibility index (Phi) is 4.44. The molecule has 0 saturated heterocycles. The predicted octanol–water partition coefficient (Wildman–Crippen LogP) is 3.25. The van der Waals surface area contributed by atoms with Crippen molar-refractivity contribution in [3.8, 4) is 0 Å². The van der Waals surface area contributed by atoms with Gasteiger partial charge in [0, 0.05) is 5.54 Å². The molecule has 0 rings (SSSR count). The molecule has 0 heterocycles. The van der Waals surface area contributed by atoms with Crippen LogP contribution in [0.5, 0.6) is 0 Å². The van der Waals surface area contributed by atoms with Gasteiger partial charge in [-0.15, -0.1) is 0 Å². The zero-order valence-electron chi connectivity index (χ0n) is 10.7. The number of rotatable bonds is 4. The standard InChI is InChI=1S/C12H27N/c1-9(2)10(3)11(4)12(5,6)13(7)8/h9-11H,1-8H3/t10?,11-/m0/s1. The molecule has 0 aromatic carbocycles. The molecule has 0 amide bonds. The van der Waals surface area contributed by atoms with Crippen molar-refractivity contribution in [3.05, 3.63) is 0 Å². The molecule has 2 atom stereocenters. The largest absolute Gasteiger partial charge is 0.304 e. The van der Waals surface area contributed by atoms with Gasteiger partial charge in [-0.05, 0) is 45.7 Å². The summed E-state index contributed by atoms with van der Waals surface area (Å²) in [6.45, 7) is 14.0. The fraction of sp³-hybridized carbons (Fsp3) is 1.00. The molecule has 0 aromatic rings. The van der Waals surface area contributed by atoms with Gasteiger partial charge in [0.05, 0.1) is 0 Å². The van der Waals surface area contributed by atoms with Crippen molar-refractivity contribution < 1.29 is 0 Å². The molecule has 1 nitrogen and oxygen atoms in total. The molecule has 0 fully saturated rings. The van der Waals surface area contributed by atoms with Crippen LogP contribution >= 0.6 is 0 Å². The Morgan fingerprint density at radius 1 is 0.923 bits per heavy atom. The Bertz CT molecular complexity index is 147. The number of nitrogens with zero attached hydrogens (tertiary/aromatic N) is 1. The summed E-state index contributed by atoms with van der Waals surface area (Å²) in [5.41, 5.74) is 0.295. The van der Waals surface area contributed by atoms with Crippen molar-refractivity contribution in [2.45, 2.75) is 47.1 Å². The first-order valence-corrected chi connectivity index (χ1v) is 5.38. The summed E-state index contributed by atoms with van der Waals surface area (Å²) in [5, 5.41) is 0. The maximum Gasteiger partial charge on any atom is 0.0175 e. The number of hydrogen-bond donors (Lipinski definition) is 0. The lowest BCUT2D eigenvalue weighted by atomic mass is 9.75. The van der Waals surface area contributed by atoms with Gasteiger partial charge < -0.3 is 4.90 Å². The van der Waals surface area contributed by atoms with Crippen LogP contribution in [0, 0.1) is 17.8 Å². The van der Waals surface area contributed by atoms with Crippen molar-refractivity contribution in [2.24, 2.45) is 17.8 Å². The van der Waals surface area contributed by atoms with Gasteiger partial charge in [0.1, 0.15) is 0 Å². The predicted molar refractivity (Wildman–Crippen MR) is 60.9 cm³/mol. The van der Waals surface area contributed by atoms with Gasteiger partial charge in [0.15, 0.2) is 0 Å². The second kappa shape index (κ2) is 4.45. The lowest BCUT2D eigenvalue weighted by Gasteiger charge is -2.42. The molecule has 1 unspecified atom stereocenters. The van der Waals surface area contributed by atoms with Crippen LogP contribution in [0.4, 0.5) is 0 Å². The van der Waals surface area contributed by atoms with E-state index in [1.807, 2.05) is 0 Å². The first-order valence-electron chi connectivity index (χ1n) is 5.38. The van der Waals surface area contributed by atoms with E-state index in [1.165, 1.54) is 0 Å². The minimum absolute atomic E-state index is 0.295. The van der Waals surface area contributed by atoms with E-state index in [9.17, 15) is 0 Å². The molecule has 0 radical (unpaired) electrons. The summed E-state index contributed by atoms with van der Waals surface area (Å²) < 4.78 is 0. The monoisotopic (exact) mass is 185 g/mol. The zero-order valence-corrected chi connectivity index (χ0v) is 10.7. The average molecular weight is 185 g/mol. The molecule has 0 saturated carbocycles. The maximum atomic E-state index is 2.37. The van der Waals surface area contributed by atoms with Crippen molar-refractivity contribution in [1.29, 1.82) is 0 Å². The van der Waals surface area contributed by atoms with Gasteiger partial charge in [-0.25, -0.2) is 0 Å². The first kappa shape index (κ1) is 13.0. The van der Waals surface area contributed by atoms with Crippen LogP contribution in [0.15, 0.2) is 0 Å². The SMILES string of the molecule is CC(C)C(C)[C@H](C)C(C)(C)N(C)C. The fourth-order valence-electron chi connectivity index (χ4n) is 1.63. The summed E-state index contributed by atoms with van der Waals surface area (Å²) in [6.07, 6.45) is 0. The van der Waals surface area contributed by atoms with Crippen molar-refractivity contribution in [2.75, 3.05) is 14.1 Å². The molecule has 13 heavy (non-hydrogen) atoms. The Balaban J connectivity index is 4.48. The Morgan fingerprint density at radius 3 is 1.54 bits per heavy atom. The quantitative estimate of drug-likeness (QED) is 0.650. The van der Waals surface area contributed by atoms with Gasteiger partial charge in [-0.3, -0.25) is 0 Å². The summed E-state index contributed by atoms with van der Waals surface area (Å²) in [5.74, 6) is 2.27. The van der Waals surface area contributed by atoms with E-state index in [4.69, 9.17) is 0 Å². The minimum atomic E-state index is 0.295. The highest BCUT2D eigenvalue weighted by Gasteiger charge is 2.32. The summed E-state index contributed by atoms with van der Waals surface area (Å²) >= 11 is 0. The highest BCUT2D eigenvalue weighted by atomic mass is 15.1. The minimum Gasteiger partial charge on any atom is -0.304 e. The molecular formula is C12H27N. The van der Waals surface area contributed by atoms with Gasteiger partial charge in [-0.2, -0.15) is 0 Å². The Hall–Kier alpha value is -0.0400. The Morgan fingerprint density at radius 2 is 1.31 bits per heavy atom. The summed E-state index contributed by atoms with van der Waals surface area (Å²) in [7, 11) is 4.34. The summed E-state index contributed by atoms with van der Waals surface area (Å²) in [6, 6.07) is 0. The van der Waals surface area contributed by atoms with Gasteiger partial charge in [0.2, 0.25) is 0 Å². The molecule has 0 bridgehead atoms. The molecule has 0 spiro atoms. The van der Waals surface area contributed by atoms with Crippen LogP contribution in [-0.2, 0) is 0 Å². The zero-order chi connectivity index (χ0) is 10.8. The third-order valence-corrected chi connectivity index (χ3v) is 4.11. The molecule has 0 aliphatic rings. The molecular weight excluding hydrogens is 158 g/mol. The van der Waals surface area contributed by atoms with Crippen LogP contribution in [0.1, 0.15) is 41.5 Å². The van der Waals surface area contributed by atoms with Crippen LogP contribution in [-0.4, -0.2) is 24.5 Å². The van der Waals surface area contributed by atoms with E-state index in [0.717, 1.165) is 17.8 Å². The van der Waals surface area contributed by atoms with Gasteiger partial charge in [-0.1, -0.05) is 27.7 Å². The van der Waals surface area contributed by atoms with E-state index in [1.54, 1.807) is 0 Å². The number of hydrogen-bond acceptors (Lipinski definition) is 1. The van der Waals surface area contributed by atoms with Gasteiger partial charge in [0.25, 0.3) is 0 Å². The third kappa shape index (κ3) is 2.98. The molecule has 0 N–H and O–H groups in total. The molecule has 0 aromatic heterocycles. The third-order valence-electron chi connectivity index (χ3n) is 4.11. The molecule has 1 heteroatoms. The lowest BCUT2D eigenvalue weighted by Crippen LogP contribution is -2.47. The van der Waals surface area contributed by atoms with Crippen molar-refractivity contribution in [1.82, 2.24) is 4.90 Å². The van der Waals surface area contributed by atoms with E-state index >= 15 is 0 Å². The first-order chi connectivity index (χ1) is 5.71. The van der Waals surface area contributed by atoms with Crippen LogP contribution in [0.2, 0.25) is 0 Å². The fourth-order valence-corrected chi connectivity index (χ4v) is 1.63. The normalized spacial score (nSPS) is 18.0. The summed E-state index contributed by atoms with van der Waals surface area (Å²) in [4.78, 5) is 2.33. The van der Waals surface area contributed by atoms with Crippen LogP contribution in [0.3, 0.4) is 0 Å². The second-order valence-electron chi connectivity index (χ2n) is 5.44. The highest BCUT2D eigenvalue weighted by molar-refractivity contribution is 4.86. The van der Waals surface area contributed by atoms with Crippen molar-refractivity contribution >= 4 is 0 Å². The molecule has 0 aliphatic heterocycles. The van der Waals surface area contributed by atoms with Gasteiger partial charge >= 0.3 is 0 Å². The second-order valence-corrected chi connectivity index (χ2v) is 5.44. The van der Waals surface area contributed by atoms with E-state index in [-0.39, 0.29) is 0 Å². The van der Waals surface area contributed by atoms with E-state index < -0.39 is 0 Å². The van der Waals surface area contributed by atoms with Crippen LogP contribution < -0.4 is 0 Å². The van der Waals surface area contributed by atoms with Crippen molar-refractivity contribution in [3.63, 3.8) is 0 Å². The smallest absolute Gasteiger partial charge is 0.0175 e. The molecule has 80 valence electrons. The maximum absolute atomic E-state index is 2.37. The highest BCUT2D eigenvalue weighted by Crippen LogP contribution is 2.32. The lowest BCUT2D eigenvalue weighted by molar-refractivity contribution is 0.0756. The van der Waals surface area contributed by atoms with E-state index in [0.29, 0.717) is 5.54 Å². The van der Waals surface area contributed by atoms with E-state index in [2.05, 4.69) is 60.5 Å². The van der Waals surface area contributed by atoms with Crippen LogP contribution in [0.25, 0.3) is 0 Å². The topological polar surface area (TPSA) is 3.24 Å². The molecule has 0 aliphatic carbocycles. The Labute approximate surface area is 84.5 Å².